The number of benzene rings is 3. The van der Waals surface area contributed by atoms with Crippen LogP contribution in [0.15, 0.2) is 71.6 Å². The van der Waals surface area contributed by atoms with Gasteiger partial charge in [-0.05, 0) is 47.5 Å². The van der Waals surface area contributed by atoms with Crippen LogP contribution in [-0.4, -0.2) is 17.1 Å². The Hall–Kier alpha value is -2.54. The minimum atomic E-state index is -0.607. The fraction of sp³-hybridized carbons (Fsp3) is 0.200. The average molecular weight is 503 g/mol. The smallest absolute Gasteiger partial charge is 0.241 e. The molecule has 4 rings (SSSR count). The molecule has 8 heteroatoms. The number of hydrogen-bond donors (Lipinski definition) is 1. The third kappa shape index (κ3) is 5.35. The van der Waals surface area contributed by atoms with Gasteiger partial charge in [0.2, 0.25) is 11.8 Å². The monoisotopic (exact) mass is 502 g/mol. The fourth-order valence-electron chi connectivity index (χ4n) is 3.63. The van der Waals surface area contributed by atoms with Crippen molar-refractivity contribution < 1.29 is 14.0 Å². The molecular weight excluding hydrogens is 482 g/mol. The molecular formula is C25H21Cl2FN2O2S. The van der Waals surface area contributed by atoms with E-state index in [4.69, 9.17) is 23.2 Å². The van der Waals surface area contributed by atoms with Crippen molar-refractivity contribution in [2.24, 2.45) is 5.92 Å². The number of hydrogen-bond acceptors (Lipinski definition) is 3. The van der Waals surface area contributed by atoms with E-state index in [1.165, 1.54) is 23.9 Å². The zero-order valence-electron chi connectivity index (χ0n) is 17.7. The largest absolute Gasteiger partial charge is 0.352 e. The lowest BCUT2D eigenvalue weighted by atomic mass is 10.0. The molecule has 0 radical (unpaired) electrons. The molecule has 0 unspecified atom stereocenters. The van der Waals surface area contributed by atoms with Gasteiger partial charge in [-0.15, -0.1) is 11.8 Å². The Labute approximate surface area is 206 Å². The molecule has 0 aromatic heterocycles. The normalized spacial score (nSPS) is 16.3. The minimum Gasteiger partial charge on any atom is -0.352 e. The van der Waals surface area contributed by atoms with Gasteiger partial charge in [-0.1, -0.05) is 60.5 Å². The molecule has 4 nitrogen and oxygen atoms in total. The van der Waals surface area contributed by atoms with Crippen LogP contribution < -0.4 is 10.2 Å². The van der Waals surface area contributed by atoms with Crippen molar-refractivity contribution in [2.45, 2.75) is 30.2 Å². The lowest BCUT2D eigenvalue weighted by Gasteiger charge is -2.36. The number of fused-ring (bicyclic) bond motifs is 1. The number of halogens is 3. The highest BCUT2D eigenvalue weighted by molar-refractivity contribution is 8.01. The Morgan fingerprint density at radius 1 is 1.12 bits per heavy atom. The first kappa shape index (κ1) is 23.6. The lowest BCUT2D eigenvalue weighted by molar-refractivity contribution is -0.128. The molecule has 33 heavy (non-hydrogen) atoms. The number of nitrogens with one attached hydrogen (secondary N) is 1. The Balaban J connectivity index is 1.54. The molecule has 0 spiro atoms. The zero-order valence-corrected chi connectivity index (χ0v) is 20.1. The maximum atomic E-state index is 13.5. The second-order valence-corrected chi connectivity index (χ2v) is 9.83. The quantitative estimate of drug-likeness (QED) is 0.443. The Morgan fingerprint density at radius 3 is 2.58 bits per heavy atom. The number of carbonyl (C=O) groups excluding carboxylic acids is 2. The number of amides is 2. The van der Waals surface area contributed by atoms with Gasteiger partial charge in [0.1, 0.15) is 11.1 Å². The predicted molar refractivity (Wildman–Crippen MR) is 131 cm³/mol. The maximum Gasteiger partial charge on any atom is 0.241 e. The second kappa shape index (κ2) is 10.2. The van der Waals surface area contributed by atoms with Crippen LogP contribution in [0.4, 0.5) is 10.1 Å². The van der Waals surface area contributed by atoms with Crippen molar-refractivity contribution in [3.8, 4) is 0 Å². The van der Waals surface area contributed by atoms with Crippen molar-refractivity contribution in [3.63, 3.8) is 0 Å². The number of nitrogens with zero attached hydrogens (tertiary/aromatic N) is 1. The summed E-state index contributed by atoms with van der Waals surface area (Å²) in [5, 5.41) is 3.18. The third-order valence-electron chi connectivity index (χ3n) is 5.51. The first-order chi connectivity index (χ1) is 15.8. The van der Waals surface area contributed by atoms with E-state index < -0.39 is 17.0 Å². The summed E-state index contributed by atoms with van der Waals surface area (Å²) in [5.74, 6) is -1.41. The highest BCUT2D eigenvalue weighted by Crippen LogP contribution is 2.42. The topological polar surface area (TPSA) is 49.4 Å². The maximum absolute atomic E-state index is 13.5. The molecule has 3 aromatic carbocycles. The van der Waals surface area contributed by atoms with Crippen LogP contribution in [0.2, 0.25) is 10.0 Å². The summed E-state index contributed by atoms with van der Waals surface area (Å²) >= 11 is 13.5. The summed E-state index contributed by atoms with van der Waals surface area (Å²) in [6.07, 6.45) is 0. The van der Waals surface area contributed by atoms with Gasteiger partial charge < -0.3 is 10.2 Å². The molecule has 0 saturated carbocycles. The Kier molecular flexibility index (Phi) is 7.27. The van der Waals surface area contributed by atoms with E-state index in [0.29, 0.717) is 17.1 Å². The Morgan fingerprint density at radius 2 is 1.85 bits per heavy atom. The number of thioether (sulfide) groups is 1. The molecule has 0 saturated heterocycles. The molecule has 1 N–H and O–H groups in total. The summed E-state index contributed by atoms with van der Waals surface area (Å²) in [6, 6.07) is 18.9. The molecule has 170 valence electrons. The van der Waals surface area contributed by atoms with Crippen LogP contribution in [0, 0.1) is 11.7 Å². The first-order valence-electron chi connectivity index (χ1n) is 10.4. The van der Waals surface area contributed by atoms with Crippen molar-refractivity contribution in [3.05, 3.63) is 93.7 Å². The third-order valence-corrected chi connectivity index (χ3v) is 7.58. The van der Waals surface area contributed by atoms with Gasteiger partial charge >= 0.3 is 0 Å². The van der Waals surface area contributed by atoms with Crippen molar-refractivity contribution in [2.75, 3.05) is 4.90 Å². The summed E-state index contributed by atoms with van der Waals surface area (Å²) < 4.78 is 13.5. The standard InChI is InChI=1S/C25H21Cl2FN2O2S/c1-15(24(31)29-13-16-6-9-18(26)10-7-16)23-25(32)30(21-4-2-3-5-22(21)33-23)14-17-8-11-19(28)12-20(17)27/h2-12,15,23H,13-14H2,1H3,(H,29,31)/t15-,23+/m1/s1. The van der Waals surface area contributed by atoms with Gasteiger partial charge in [0.05, 0.1) is 18.2 Å². The zero-order chi connectivity index (χ0) is 23.5. The van der Waals surface area contributed by atoms with Crippen molar-refractivity contribution in [1.82, 2.24) is 5.32 Å². The van der Waals surface area contributed by atoms with E-state index >= 15 is 0 Å². The Bertz CT molecular complexity index is 1190. The van der Waals surface area contributed by atoms with Crippen molar-refractivity contribution in [1.29, 1.82) is 0 Å². The number of rotatable bonds is 6. The van der Waals surface area contributed by atoms with E-state index in [9.17, 15) is 14.0 Å². The molecule has 1 heterocycles. The van der Waals surface area contributed by atoms with Crippen LogP contribution in [0.5, 0.6) is 0 Å². The molecule has 0 fully saturated rings. The average Bonchev–Trinajstić information content (AvgIpc) is 2.81. The highest BCUT2D eigenvalue weighted by Gasteiger charge is 2.39. The second-order valence-electron chi connectivity index (χ2n) is 7.80. The first-order valence-corrected chi connectivity index (χ1v) is 12.0. The minimum absolute atomic E-state index is 0.186. The van der Waals surface area contributed by atoms with Crippen LogP contribution >= 0.6 is 35.0 Å². The van der Waals surface area contributed by atoms with Gasteiger partial charge in [0, 0.05) is 21.5 Å². The van der Waals surface area contributed by atoms with Gasteiger partial charge in [-0.2, -0.15) is 0 Å². The highest BCUT2D eigenvalue weighted by atomic mass is 35.5. The fourth-order valence-corrected chi connectivity index (χ4v) is 5.27. The van der Waals surface area contributed by atoms with Crippen molar-refractivity contribution >= 4 is 52.5 Å². The summed E-state index contributed by atoms with van der Waals surface area (Å²) in [4.78, 5) is 29.0. The predicted octanol–water partition coefficient (Wildman–Crippen LogP) is 6.09. The van der Waals surface area contributed by atoms with E-state index in [1.54, 1.807) is 30.0 Å². The van der Waals surface area contributed by atoms with E-state index in [1.807, 2.05) is 36.4 Å². The van der Waals surface area contributed by atoms with Gasteiger partial charge in [0.15, 0.2) is 0 Å². The molecule has 3 aromatic rings. The lowest BCUT2D eigenvalue weighted by Crippen LogP contribution is -2.47. The molecule has 1 aliphatic rings. The SMILES string of the molecule is C[C@@H](C(=O)NCc1ccc(Cl)cc1)[C@@H]1Sc2ccccc2N(Cc2ccc(F)cc2Cl)C1=O. The molecule has 0 bridgehead atoms. The number of anilines is 1. The van der Waals surface area contributed by atoms with E-state index in [0.717, 1.165) is 16.1 Å². The molecule has 1 aliphatic heterocycles. The number of para-hydroxylation sites is 1. The van der Waals surface area contributed by atoms with Gasteiger partial charge in [-0.3, -0.25) is 9.59 Å². The van der Waals surface area contributed by atoms with Crippen LogP contribution in [-0.2, 0) is 22.7 Å². The summed E-state index contributed by atoms with van der Waals surface area (Å²) in [7, 11) is 0. The van der Waals surface area contributed by atoms with Crippen LogP contribution in [0.1, 0.15) is 18.1 Å². The van der Waals surface area contributed by atoms with Gasteiger partial charge in [-0.25, -0.2) is 4.39 Å². The van der Waals surface area contributed by atoms with Gasteiger partial charge in [0.25, 0.3) is 0 Å². The van der Waals surface area contributed by atoms with E-state index in [2.05, 4.69) is 5.32 Å². The summed E-state index contributed by atoms with van der Waals surface area (Å²) in [6.45, 7) is 2.28. The molecule has 2 amide bonds. The molecule has 2 atom stereocenters. The number of carbonyl (C=O) groups is 2. The molecule has 0 aliphatic carbocycles. The van der Waals surface area contributed by atoms with Crippen LogP contribution in [0.3, 0.4) is 0 Å². The van der Waals surface area contributed by atoms with Crippen LogP contribution in [0.25, 0.3) is 0 Å². The summed E-state index contributed by atoms with van der Waals surface area (Å²) in [5.41, 5.74) is 2.30. The van der Waals surface area contributed by atoms with E-state index in [-0.39, 0.29) is 23.4 Å².